The normalized spacial score (nSPS) is 16.3. The van der Waals surface area contributed by atoms with Crippen LogP contribution in [0.25, 0.3) is 0 Å². The maximum atomic E-state index is 2.63. The van der Waals surface area contributed by atoms with Gasteiger partial charge >= 0.3 is 0 Å². The Kier molecular flexibility index (Phi) is 5.89. The van der Waals surface area contributed by atoms with Crippen LogP contribution in [0.2, 0.25) is 0 Å². The van der Waals surface area contributed by atoms with Crippen LogP contribution >= 0.6 is 0 Å². The average Bonchev–Trinajstić information content (AvgIpc) is 2.71. The second-order valence-electron chi connectivity index (χ2n) is 4.42. The fourth-order valence-electron chi connectivity index (χ4n) is 2.35. The van der Waals surface area contributed by atoms with Crippen LogP contribution in [0.15, 0.2) is 0 Å². The standard InChI is InChI=1S/C13H26N/c1-3-5-6-7-10-13(4-2)14-11-8-9-12-14/h3-12H2,1-2H3/q+1. The molecule has 0 N–H and O–H groups in total. The number of nitrogens with zero attached hydrogens (tertiary/aromatic N) is 1. The Balaban J connectivity index is 2.27. The van der Waals surface area contributed by atoms with Gasteiger partial charge in [0.2, 0.25) is 0 Å². The average molecular weight is 196 g/mol. The highest BCUT2D eigenvalue weighted by atomic mass is 15.0. The molecule has 0 aromatic heterocycles. The zero-order valence-corrected chi connectivity index (χ0v) is 10.0. The van der Waals surface area contributed by atoms with Crippen LogP contribution in [-0.4, -0.2) is 23.4 Å². The number of rotatable bonds is 6. The Morgan fingerprint density at radius 3 is 2.29 bits per heavy atom. The van der Waals surface area contributed by atoms with Crippen LogP contribution in [0.5, 0.6) is 0 Å². The van der Waals surface area contributed by atoms with Crippen LogP contribution in [-0.2, 0) is 0 Å². The molecule has 1 heteroatoms. The fraction of sp³-hybridized carbons (Fsp3) is 0.923. The zero-order chi connectivity index (χ0) is 10.2. The van der Waals surface area contributed by atoms with E-state index in [2.05, 4.69) is 18.4 Å². The van der Waals surface area contributed by atoms with Crippen molar-refractivity contribution < 1.29 is 4.58 Å². The molecule has 1 nitrogen and oxygen atoms in total. The molecule has 0 radical (unpaired) electrons. The van der Waals surface area contributed by atoms with Gasteiger partial charge in [-0.3, -0.25) is 0 Å². The summed E-state index contributed by atoms with van der Waals surface area (Å²) >= 11 is 0. The predicted octanol–water partition coefficient (Wildman–Crippen LogP) is 3.61. The van der Waals surface area contributed by atoms with Crippen LogP contribution in [0.3, 0.4) is 0 Å². The Morgan fingerprint density at radius 1 is 1.00 bits per heavy atom. The summed E-state index contributed by atoms with van der Waals surface area (Å²) in [7, 11) is 0. The molecular weight excluding hydrogens is 170 g/mol. The highest BCUT2D eigenvalue weighted by Crippen LogP contribution is 2.09. The predicted molar refractivity (Wildman–Crippen MR) is 63.3 cm³/mol. The molecule has 0 unspecified atom stereocenters. The Morgan fingerprint density at radius 2 is 1.71 bits per heavy atom. The number of hydrogen-bond donors (Lipinski definition) is 0. The number of unbranched alkanes of at least 4 members (excludes halogenated alkanes) is 3. The minimum atomic E-state index is 1.27. The van der Waals surface area contributed by atoms with Crippen molar-refractivity contribution in [2.24, 2.45) is 0 Å². The molecule has 1 aliphatic rings. The Hall–Kier alpha value is -0.330. The van der Waals surface area contributed by atoms with Crippen LogP contribution in [0, 0.1) is 0 Å². The van der Waals surface area contributed by atoms with Gasteiger partial charge in [-0.25, -0.2) is 4.58 Å². The van der Waals surface area contributed by atoms with Crippen molar-refractivity contribution >= 4 is 5.71 Å². The molecule has 1 aliphatic heterocycles. The molecule has 0 amide bonds. The fourth-order valence-corrected chi connectivity index (χ4v) is 2.35. The first kappa shape index (κ1) is 11.7. The van der Waals surface area contributed by atoms with E-state index < -0.39 is 0 Å². The Labute approximate surface area is 89.2 Å². The summed E-state index contributed by atoms with van der Waals surface area (Å²) in [6, 6.07) is 0. The van der Waals surface area contributed by atoms with E-state index in [0.717, 1.165) is 0 Å². The smallest absolute Gasteiger partial charge is 0.151 e. The van der Waals surface area contributed by atoms with E-state index in [0.29, 0.717) is 0 Å². The summed E-state index contributed by atoms with van der Waals surface area (Å²) in [4.78, 5) is 0. The van der Waals surface area contributed by atoms with E-state index in [1.807, 2.05) is 0 Å². The highest BCUT2D eigenvalue weighted by Gasteiger charge is 2.17. The molecule has 14 heavy (non-hydrogen) atoms. The van der Waals surface area contributed by atoms with Crippen molar-refractivity contribution in [2.45, 2.75) is 65.2 Å². The third-order valence-corrected chi connectivity index (χ3v) is 3.28. The first-order valence-electron chi connectivity index (χ1n) is 6.48. The van der Waals surface area contributed by atoms with E-state index >= 15 is 0 Å². The van der Waals surface area contributed by atoms with E-state index in [4.69, 9.17) is 0 Å². The molecule has 1 rings (SSSR count). The third kappa shape index (κ3) is 3.81. The van der Waals surface area contributed by atoms with Gasteiger partial charge in [0.25, 0.3) is 0 Å². The summed E-state index contributed by atoms with van der Waals surface area (Å²) in [5.74, 6) is 0. The monoisotopic (exact) mass is 196 g/mol. The lowest BCUT2D eigenvalue weighted by Gasteiger charge is -2.03. The molecule has 82 valence electrons. The SMILES string of the molecule is CCCCCCC(CC)=[N+]1CCCC1. The third-order valence-electron chi connectivity index (χ3n) is 3.28. The summed E-state index contributed by atoms with van der Waals surface area (Å²) in [5, 5.41) is 0. The molecule has 1 fully saturated rings. The van der Waals surface area contributed by atoms with E-state index in [-0.39, 0.29) is 0 Å². The largest absolute Gasteiger partial charge is 0.237 e. The van der Waals surface area contributed by atoms with Crippen LogP contribution < -0.4 is 0 Å². The molecule has 0 aromatic carbocycles. The molecule has 0 aliphatic carbocycles. The lowest BCUT2D eigenvalue weighted by molar-refractivity contribution is -0.508. The van der Waals surface area contributed by atoms with Gasteiger partial charge in [-0.2, -0.15) is 0 Å². The van der Waals surface area contributed by atoms with E-state index in [9.17, 15) is 0 Å². The first-order valence-corrected chi connectivity index (χ1v) is 6.48. The van der Waals surface area contributed by atoms with Gasteiger partial charge in [0, 0.05) is 25.7 Å². The van der Waals surface area contributed by atoms with Crippen LogP contribution in [0.4, 0.5) is 0 Å². The minimum absolute atomic E-state index is 1.27. The van der Waals surface area contributed by atoms with Gasteiger partial charge < -0.3 is 0 Å². The van der Waals surface area contributed by atoms with Crippen LogP contribution in [0.1, 0.15) is 65.2 Å². The molecule has 0 bridgehead atoms. The molecule has 0 atom stereocenters. The second kappa shape index (κ2) is 7.03. The molecule has 1 heterocycles. The van der Waals surface area contributed by atoms with Crippen molar-refractivity contribution in [3.05, 3.63) is 0 Å². The quantitative estimate of drug-likeness (QED) is 0.451. The van der Waals surface area contributed by atoms with Crippen molar-refractivity contribution in [2.75, 3.05) is 13.1 Å². The summed E-state index contributed by atoms with van der Waals surface area (Å²) in [6.07, 6.45) is 11.1. The minimum Gasteiger partial charge on any atom is -0.237 e. The molecular formula is C13H26N+. The summed E-state index contributed by atoms with van der Waals surface area (Å²) < 4.78 is 2.63. The van der Waals surface area contributed by atoms with Gasteiger partial charge in [0.1, 0.15) is 13.1 Å². The lowest BCUT2D eigenvalue weighted by atomic mass is 10.1. The molecule has 1 saturated heterocycles. The topological polar surface area (TPSA) is 3.01 Å². The highest BCUT2D eigenvalue weighted by molar-refractivity contribution is 5.79. The lowest BCUT2D eigenvalue weighted by Crippen LogP contribution is -2.17. The zero-order valence-electron chi connectivity index (χ0n) is 10.0. The van der Waals surface area contributed by atoms with Gasteiger partial charge in [-0.15, -0.1) is 0 Å². The molecule has 0 saturated carbocycles. The molecule has 0 spiro atoms. The van der Waals surface area contributed by atoms with Gasteiger partial charge in [0.05, 0.1) is 0 Å². The maximum Gasteiger partial charge on any atom is 0.151 e. The van der Waals surface area contributed by atoms with Crippen molar-refractivity contribution in [1.29, 1.82) is 0 Å². The Bertz CT molecular complexity index is 174. The van der Waals surface area contributed by atoms with E-state index in [1.165, 1.54) is 64.5 Å². The second-order valence-corrected chi connectivity index (χ2v) is 4.42. The van der Waals surface area contributed by atoms with Crippen molar-refractivity contribution in [3.63, 3.8) is 0 Å². The molecule has 0 aromatic rings. The number of hydrogen-bond acceptors (Lipinski definition) is 0. The van der Waals surface area contributed by atoms with Gasteiger partial charge in [0.15, 0.2) is 5.71 Å². The maximum absolute atomic E-state index is 2.63. The van der Waals surface area contributed by atoms with Crippen molar-refractivity contribution in [3.8, 4) is 0 Å². The first-order chi connectivity index (χ1) is 6.88. The van der Waals surface area contributed by atoms with Crippen molar-refractivity contribution in [1.82, 2.24) is 0 Å². The summed E-state index contributed by atoms with van der Waals surface area (Å²) in [5.41, 5.74) is 1.72. The summed E-state index contributed by atoms with van der Waals surface area (Å²) in [6.45, 7) is 7.26. The van der Waals surface area contributed by atoms with Gasteiger partial charge in [-0.05, 0) is 6.42 Å². The van der Waals surface area contributed by atoms with E-state index in [1.54, 1.807) is 5.71 Å². The van der Waals surface area contributed by atoms with Gasteiger partial charge in [-0.1, -0.05) is 33.1 Å².